The van der Waals surface area contributed by atoms with Gasteiger partial charge in [0.15, 0.2) is 0 Å². The summed E-state index contributed by atoms with van der Waals surface area (Å²) in [6.45, 7) is 1.57. The summed E-state index contributed by atoms with van der Waals surface area (Å²) < 4.78 is 10.2. The Labute approximate surface area is 134 Å². The van der Waals surface area contributed by atoms with Crippen molar-refractivity contribution in [1.82, 2.24) is 10.3 Å². The molecule has 1 aromatic carbocycles. The molecule has 23 heavy (non-hydrogen) atoms. The topological polar surface area (TPSA) is 77.5 Å². The van der Waals surface area contributed by atoms with Crippen molar-refractivity contribution in [3.8, 4) is 5.75 Å². The molecular formula is C17H18N2O4. The molecule has 2 aromatic rings. The number of pyridine rings is 1. The Hall–Kier alpha value is -2.89. The molecule has 0 radical (unpaired) electrons. The van der Waals surface area contributed by atoms with Crippen molar-refractivity contribution in [3.63, 3.8) is 0 Å². The molecule has 6 heteroatoms. The van der Waals surface area contributed by atoms with Crippen molar-refractivity contribution in [1.29, 1.82) is 0 Å². The number of carbonyl (C=O) groups is 2. The van der Waals surface area contributed by atoms with E-state index in [-0.39, 0.29) is 0 Å². The molecule has 2 rings (SSSR count). The molecule has 0 aliphatic rings. The second-order valence-corrected chi connectivity index (χ2v) is 4.81. The SMILES string of the molecule is COc1ccc(CNC(=O)[C@@H](OC(C)=O)c2ccccn2)cc1. The fourth-order valence-corrected chi connectivity index (χ4v) is 1.97. The Morgan fingerprint density at radius 1 is 1.17 bits per heavy atom. The zero-order chi connectivity index (χ0) is 16.7. The maximum absolute atomic E-state index is 12.3. The fraction of sp³-hybridized carbons (Fsp3) is 0.235. The molecule has 0 saturated carbocycles. The van der Waals surface area contributed by atoms with Gasteiger partial charge in [0.05, 0.1) is 12.8 Å². The summed E-state index contributed by atoms with van der Waals surface area (Å²) in [5.41, 5.74) is 1.29. The number of hydrogen-bond acceptors (Lipinski definition) is 5. The first-order valence-corrected chi connectivity index (χ1v) is 7.09. The number of carbonyl (C=O) groups excluding carboxylic acids is 2. The Morgan fingerprint density at radius 2 is 1.91 bits per heavy atom. The van der Waals surface area contributed by atoms with Gasteiger partial charge in [-0.05, 0) is 29.8 Å². The van der Waals surface area contributed by atoms with Gasteiger partial charge in [-0.3, -0.25) is 14.6 Å². The Bertz CT molecular complexity index is 656. The normalized spacial score (nSPS) is 11.4. The summed E-state index contributed by atoms with van der Waals surface area (Å²) in [5.74, 6) is -0.221. The van der Waals surface area contributed by atoms with Crippen LogP contribution in [-0.4, -0.2) is 24.0 Å². The molecule has 1 aromatic heterocycles. The standard InChI is InChI=1S/C17H18N2O4/c1-12(20)23-16(15-5-3-4-10-18-15)17(21)19-11-13-6-8-14(22-2)9-7-13/h3-10,16H,11H2,1-2H3,(H,19,21)/t16-/m0/s1. The van der Waals surface area contributed by atoms with E-state index in [1.807, 2.05) is 24.3 Å². The van der Waals surface area contributed by atoms with Gasteiger partial charge in [-0.2, -0.15) is 0 Å². The molecule has 1 amide bonds. The molecule has 6 nitrogen and oxygen atoms in total. The van der Waals surface area contributed by atoms with Crippen LogP contribution in [-0.2, 0) is 20.9 Å². The number of nitrogens with zero attached hydrogens (tertiary/aromatic N) is 1. The Morgan fingerprint density at radius 3 is 2.48 bits per heavy atom. The van der Waals surface area contributed by atoms with Gasteiger partial charge in [0, 0.05) is 19.7 Å². The van der Waals surface area contributed by atoms with E-state index in [0.717, 1.165) is 11.3 Å². The van der Waals surface area contributed by atoms with Crippen LogP contribution in [0.1, 0.15) is 24.3 Å². The summed E-state index contributed by atoms with van der Waals surface area (Å²) in [4.78, 5) is 27.6. The number of rotatable bonds is 6. The van der Waals surface area contributed by atoms with Gasteiger partial charge in [-0.15, -0.1) is 0 Å². The molecule has 120 valence electrons. The van der Waals surface area contributed by atoms with Crippen LogP contribution >= 0.6 is 0 Å². The number of hydrogen-bond donors (Lipinski definition) is 1. The number of nitrogens with one attached hydrogen (secondary N) is 1. The number of aromatic nitrogens is 1. The molecule has 0 saturated heterocycles. The summed E-state index contributed by atoms with van der Waals surface area (Å²) in [6, 6.07) is 12.4. The van der Waals surface area contributed by atoms with Crippen LogP contribution in [0.3, 0.4) is 0 Å². The number of amides is 1. The highest BCUT2D eigenvalue weighted by atomic mass is 16.5. The van der Waals surface area contributed by atoms with Gasteiger partial charge >= 0.3 is 5.97 Å². The molecule has 1 heterocycles. The van der Waals surface area contributed by atoms with Crippen LogP contribution in [0.25, 0.3) is 0 Å². The van der Waals surface area contributed by atoms with Gasteiger partial charge in [0.25, 0.3) is 5.91 Å². The second-order valence-electron chi connectivity index (χ2n) is 4.81. The predicted molar refractivity (Wildman–Crippen MR) is 83.6 cm³/mol. The van der Waals surface area contributed by atoms with Gasteiger partial charge in [-0.1, -0.05) is 18.2 Å². The van der Waals surface area contributed by atoms with E-state index in [0.29, 0.717) is 12.2 Å². The molecule has 0 unspecified atom stereocenters. The lowest BCUT2D eigenvalue weighted by molar-refractivity contribution is -0.154. The van der Waals surface area contributed by atoms with Crippen LogP contribution in [0, 0.1) is 0 Å². The van der Waals surface area contributed by atoms with Crippen LogP contribution < -0.4 is 10.1 Å². The van der Waals surface area contributed by atoms with E-state index >= 15 is 0 Å². The zero-order valence-electron chi connectivity index (χ0n) is 13.0. The molecule has 1 N–H and O–H groups in total. The minimum Gasteiger partial charge on any atom is -0.497 e. The smallest absolute Gasteiger partial charge is 0.303 e. The maximum Gasteiger partial charge on any atom is 0.303 e. The first kappa shape index (κ1) is 16.5. The minimum absolute atomic E-state index is 0.313. The van der Waals surface area contributed by atoms with E-state index < -0.39 is 18.0 Å². The highest BCUT2D eigenvalue weighted by Crippen LogP contribution is 2.16. The van der Waals surface area contributed by atoms with Crippen molar-refractivity contribution < 1.29 is 19.1 Å². The van der Waals surface area contributed by atoms with E-state index in [2.05, 4.69) is 10.3 Å². The van der Waals surface area contributed by atoms with Gasteiger partial charge < -0.3 is 14.8 Å². The molecule has 0 fully saturated rings. The van der Waals surface area contributed by atoms with Crippen molar-refractivity contribution >= 4 is 11.9 Å². The van der Waals surface area contributed by atoms with Gasteiger partial charge in [0.1, 0.15) is 5.75 Å². The molecule has 0 spiro atoms. The van der Waals surface area contributed by atoms with Crippen molar-refractivity contribution in [3.05, 3.63) is 59.9 Å². The van der Waals surface area contributed by atoms with E-state index in [9.17, 15) is 9.59 Å². The van der Waals surface area contributed by atoms with E-state index in [1.54, 1.807) is 31.5 Å². The number of ether oxygens (including phenoxy) is 2. The van der Waals surface area contributed by atoms with Gasteiger partial charge in [-0.25, -0.2) is 0 Å². The Kier molecular flexibility index (Phi) is 5.68. The average molecular weight is 314 g/mol. The van der Waals surface area contributed by atoms with Crippen LogP contribution in [0.4, 0.5) is 0 Å². The predicted octanol–water partition coefficient (Wildman–Crippen LogP) is 2.01. The maximum atomic E-state index is 12.3. The monoisotopic (exact) mass is 314 g/mol. The third kappa shape index (κ3) is 4.81. The third-order valence-electron chi connectivity index (χ3n) is 3.10. The Balaban J connectivity index is 2.03. The van der Waals surface area contributed by atoms with Crippen molar-refractivity contribution in [2.24, 2.45) is 0 Å². The molecular weight excluding hydrogens is 296 g/mol. The average Bonchev–Trinajstić information content (AvgIpc) is 2.58. The lowest BCUT2D eigenvalue weighted by Gasteiger charge is -2.16. The quantitative estimate of drug-likeness (QED) is 0.825. The van der Waals surface area contributed by atoms with Crippen LogP contribution in [0.5, 0.6) is 5.75 Å². The van der Waals surface area contributed by atoms with Crippen molar-refractivity contribution in [2.45, 2.75) is 19.6 Å². The number of benzene rings is 1. The molecule has 0 aliphatic carbocycles. The lowest BCUT2D eigenvalue weighted by atomic mass is 10.2. The fourth-order valence-electron chi connectivity index (χ4n) is 1.97. The summed E-state index contributed by atoms with van der Waals surface area (Å²) in [5, 5.41) is 2.74. The van der Waals surface area contributed by atoms with Gasteiger partial charge in [0.2, 0.25) is 6.10 Å². The summed E-state index contributed by atoms with van der Waals surface area (Å²) in [6.07, 6.45) is 0.481. The molecule has 1 atom stereocenters. The molecule has 0 bridgehead atoms. The minimum atomic E-state index is -1.06. The first-order chi connectivity index (χ1) is 11.1. The van der Waals surface area contributed by atoms with E-state index in [1.165, 1.54) is 6.92 Å². The number of esters is 1. The third-order valence-corrected chi connectivity index (χ3v) is 3.10. The van der Waals surface area contributed by atoms with Crippen LogP contribution in [0.15, 0.2) is 48.7 Å². The van der Waals surface area contributed by atoms with Crippen LogP contribution in [0.2, 0.25) is 0 Å². The second kappa shape index (κ2) is 7.93. The summed E-state index contributed by atoms with van der Waals surface area (Å²) >= 11 is 0. The molecule has 0 aliphatic heterocycles. The van der Waals surface area contributed by atoms with E-state index in [4.69, 9.17) is 9.47 Å². The lowest BCUT2D eigenvalue weighted by Crippen LogP contribution is -2.31. The zero-order valence-corrected chi connectivity index (χ0v) is 13.0. The highest BCUT2D eigenvalue weighted by molar-refractivity contribution is 5.84. The summed E-state index contributed by atoms with van der Waals surface area (Å²) in [7, 11) is 1.59. The first-order valence-electron chi connectivity index (χ1n) is 7.09. The number of methoxy groups -OCH3 is 1. The largest absolute Gasteiger partial charge is 0.497 e. The highest BCUT2D eigenvalue weighted by Gasteiger charge is 2.24. The van der Waals surface area contributed by atoms with Crippen molar-refractivity contribution in [2.75, 3.05) is 7.11 Å².